The number of carboxylic acids is 1. The number of hydrogen-bond acceptors (Lipinski definition) is 3. The number of esters is 1. The zero-order valence-electron chi connectivity index (χ0n) is 12.8. The molecule has 1 N–H and O–H groups in total. The van der Waals surface area contributed by atoms with Gasteiger partial charge in [-0.25, -0.2) is 4.79 Å². The molecule has 0 atom stereocenters. The first kappa shape index (κ1) is 16.5. The van der Waals surface area contributed by atoms with Crippen LogP contribution in [0.1, 0.15) is 59.8 Å². The topological polar surface area (TPSA) is 63.6 Å². The molecule has 20 heavy (non-hydrogen) atoms. The Kier molecular flexibility index (Phi) is 5.54. The van der Waals surface area contributed by atoms with Crippen molar-refractivity contribution in [1.29, 1.82) is 0 Å². The summed E-state index contributed by atoms with van der Waals surface area (Å²) in [5.41, 5.74) is 0.692. The summed E-state index contributed by atoms with van der Waals surface area (Å²) in [6.07, 6.45) is 5.49. The van der Waals surface area contributed by atoms with E-state index in [9.17, 15) is 14.7 Å². The molecule has 0 saturated carbocycles. The Labute approximate surface area is 120 Å². The van der Waals surface area contributed by atoms with Crippen molar-refractivity contribution in [2.45, 2.75) is 59.8 Å². The first-order chi connectivity index (χ1) is 9.26. The Morgan fingerprint density at radius 3 is 2.55 bits per heavy atom. The molecule has 1 aliphatic carbocycles. The fourth-order valence-corrected chi connectivity index (χ4v) is 2.49. The summed E-state index contributed by atoms with van der Waals surface area (Å²) in [7, 11) is 0. The van der Waals surface area contributed by atoms with Gasteiger partial charge in [0.1, 0.15) is 5.76 Å². The highest BCUT2D eigenvalue weighted by molar-refractivity contribution is 5.92. The number of hydrogen-bond donors (Lipinski definition) is 1. The second-order valence-electron chi connectivity index (χ2n) is 6.07. The first-order valence-electron chi connectivity index (χ1n) is 7.14. The monoisotopic (exact) mass is 280 g/mol. The minimum absolute atomic E-state index is 0.0996. The lowest BCUT2D eigenvalue weighted by Crippen LogP contribution is -2.22. The highest BCUT2D eigenvalue weighted by Gasteiger charge is 2.31. The van der Waals surface area contributed by atoms with E-state index in [2.05, 4.69) is 6.92 Å². The molecule has 1 rings (SSSR count). The fraction of sp³-hybridized carbons (Fsp3) is 0.625. The van der Waals surface area contributed by atoms with Gasteiger partial charge in [0, 0.05) is 6.42 Å². The number of ether oxygens (including phenoxy) is 1. The lowest BCUT2D eigenvalue weighted by molar-refractivity contribution is -0.140. The third-order valence-electron chi connectivity index (χ3n) is 3.32. The maximum Gasteiger partial charge on any atom is 0.339 e. The molecule has 0 radical (unpaired) electrons. The third-order valence-corrected chi connectivity index (χ3v) is 3.32. The smallest absolute Gasteiger partial charge is 0.339 e. The van der Waals surface area contributed by atoms with Crippen LogP contribution in [0.3, 0.4) is 0 Å². The number of carbonyl (C=O) groups is 2. The number of allylic oxidation sites excluding steroid dienone is 2. The van der Waals surface area contributed by atoms with E-state index in [0.717, 1.165) is 24.8 Å². The number of unbranched alkanes of at least 4 members (excludes halogenated alkanes) is 2. The SMILES string of the molecule is CCCCCC(=O)OC1=C(C)CC(C)(C)C=C1C(=O)O. The molecule has 0 spiro atoms. The standard InChI is InChI=1S/C16H24O4/c1-5-6-7-8-13(17)20-14-11(2)9-16(3,4)10-12(14)15(18)19/h10H,5-9H2,1-4H3,(H,18,19). The van der Waals surface area contributed by atoms with Crippen molar-refractivity contribution in [3.05, 3.63) is 23.0 Å². The Morgan fingerprint density at radius 2 is 2.00 bits per heavy atom. The van der Waals surface area contributed by atoms with Gasteiger partial charge in [-0.05, 0) is 30.8 Å². The summed E-state index contributed by atoms with van der Waals surface area (Å²) < 4.78 is 5.31. The van der Waals surface area contributed by atoms with E-state index < -0.39 is 5.97 Å². The second kappa shape index (κ2) is 6.73. The number of rotatable bonds is 6. The fourth-order valence-electron chi connectivity index (χ4n) is 2.49. The molecule has 4 heteroatoms. The minimum atomic E-state index is -1.05. The van der Waals surface area contributed by atoms with Crippen molar-refractivity contribution in [3.8, 4) is 0 Å². The highest BCUT2D eigenvalue weighted by Crippen LogP contribution is 2.37. The summed E-state index contributed by atoms with van der Waals surface area (Å²) >= 11 is 0. The first-order valence-corrected chi connectivity index (χ1v) is 7.14. The number of carbonyl (C=O) groups excluding carboxylic acids is 1. The molecule has 0 aromatic carbocycles. The summed E-state index contributed by atoms with van der Waals surface area (Å²) in [4.78, 5) is 23.1. The van der Waals surface area contributed by atoms with Crippen LogP contribution in [-0.2, 0) is 14.3 Å². The zero-order chi connectivity index (χ0) is 15.3. The summed E-state index contributed by atoms with van der Waals surface area (Å²) in [5.74, 6) is -1.16. The average Bonchev–Trinajstić information content (AvgIpc) is 2.31. The van der Waals surface area contributed by atoms with E-state index in [-0.39, 0.29) is 22.7 Å². The van der Waals surface area contributed by atoms with Gasteiger partial charge < -0.3 is 9.84 Å². The number of carboxylic acid groups (broad SMARTS) is 1. The molecule has 4 nitrogen and oxygen atoms in total. The molecule has 0 saturated heterocycles. The molecule has 0 aromatic rings. The maximum absolute atomic E-state index is 11.8. The molecule has 0 bridgehead atoms. The molecule has 0 heterocycles. The van der Waals surface area contributed by atoms with Gasteiger partial charge >= 0.3 is 11.9 Å². The maximum atomic E-state index is 11.8. The van der Waals surface area contributed by atoms with Gasteiger partial charge in [0.2, 0.25) is 0 Å². The third kappa shape index (κ3) is 4.51. The van der Waals surface area contributed by atoms with Crippen LogP contribution in [0.15, 0.2) is 23.0 Å². The van der Waals surface area contributed by atoms with E-state index in [1.54, 1.807) is 6.08 Å². The quantitative estimate of drug-likeness (QED) is 0.593. The molecule has 0 aromatic heterocycles. The van der Waals surface area contributed by atoms with Gasteiger partial charge in [-0.1, -0.05) is 39.7 Å². The minimum Gasteiger partial charge on any atom is -0.478 e. The van der Waals surface area contributed by atoms with Gasteiger partial charge in [0.15, 0.2) is 0 Å². The molecule has 0 unspecified atom stereocenters. The van der Waals surface area contributed by atoms with Gasteiger partial charge in [0.05, 0.1) is 5.57 Å². The van der Waals surface area contributed by atoms with Crippen molar-refractivity contribution in [2.24, 2.45) is 5.41 Å². The summed E-state index contributed by atoms with van der Waals surface area (Å²) in [6, 6.07) is 0. The normalized spacial score (nSPS) is 17.7. The number of aliphatic carboxylic acids is 1. The summed E-state index contributed by atoms with van der Waals surface area (Å²) in [6.45, 7) is 7.83. The Hall–Kier alpha value is -1.58. The van der Waals surface area contributed by atoms with Gasteiger partial charge in [0.25, 0.3) is 0 Å². The lowest BCUT2D eigenvalue weighted by Gasteiger charge is -2.28. The van der Waals surface area contributed by atoms with Crippen LogP contribution in [0, 0.1) is 5.41 Å². The van der Waals surface area contributed by atoms with Gasteiger partial charge in [-0.15, -0.1) is 0 Å². The molecule has 0 fully saturated rings. The average molecular weight is 280 g/mol. The highest BCUT2D eigenvalue weighted by atomic mass is 16.5. The van der Waals surface area contributed by atoms with Crippen LogP contribution >= 0.6 is 0 Å². The Morgan fingerprint density at radius 1 is 1.35 bits per heavy atom. The van der Waals surface area contributed by atoms with Crippen LogP contribution < -0.4 is 0 Å². The predicted octanol–water partition coefficient (Wildman–Crippen LogP) is 3.82. The van der Waals surface area contributed by atoms with Crippen LogP contribution in [0.4, 0.5) is 0 Å². The van der Waals surface area contributed by atoms with Gasteiger partial charge in [-0.2, -0.15) is 0 Å². The molecular formula is C16H24O4. The Bertz CT molecular complexity index is 455. The van der Waals surface area contributed by atoms with E-state index in [4.69, 9.17) is 4.74 Å². The van der Waals surface area contributed by atoms with Crippen molar-refractivity contribution < 1.29 is 19.4 Å². The molecule has 0 aliphatic heterocycles. The largest absolute Gasteiger partial charge is 0.478 e. The van der Waals surface area contributed by atoms with E-state index in [1.807, 2.05) is 20.8 Å². The van der Waals surface area contributed by atoms with Gasteiger partial charge in [-0.3, -0.25) is 4.79 Å². The van der Waals surface area contributed by atoms with Crippen LogP contribution in [0.5, 0.6) is 0 Å². The van der Waals surface area contributed by atoms with E-state index in [0.29, 0.717) is 12.8 Å². The molecule has 1 aliphatic rings. The van der Waals surface area contributed by atoms with Crippen molar-refractivity contribution in [2.75, 3.05) is 0 Å². The van der Waals surface area contributed by atoms with Crippen molar-refractivity contribution in [3.63, 3.8) is 0 Å². The zero-order valence-corrected chi connectivity index (χ0v) is 12.8. The van der Waals surface area contributed by atoms with Crippen LogP contribution in [0.2, 0.25) is 0 Å². The molecular weight excluding hydrogens is 256 g/mol. The van der Waals surface area contributed by atoms with Crippen molar-refractivity contribution >= 4 is 11.9 Å². The van der Waals surface area contributed by atoms with Crippen molar-refractivity contribution in [1.82, 2.24) is 0 Å². The van der Waals surface area contributed by atoms with Crippen LogP contribution in [-0.4, -0.2) is 17.0 Å². The lowest BCUT2D eigenvalue weighted by atomic mass is 9.79. The van der Waals surface area contributed by atoms with E-state index >= 15 is 0 Å². The predicted molar refractivity (Wildman–Crippen MR) is 77.1 cm³/mol. The Balaban J connectivity index is 2.84. The molecule has 112 valence electrons. The second-order valence-corrected chi connectivity index (χ2v) is 6.07. The summed E-state index contributed by atoms with van der Waals surface area (Å²) in [5, 5.41) is 9.29. The molecule has 0 amide bonds. The van der Waals surface area contributed by atoms with E-state index in [1.165, 1.54) is 0 Å². The van der Waals surface area contributed by atoms with Crippen LogP contribution in [0.25, 0.3) is 0 Å².